The summed E-state index contributed by atoms with van der Waals surface area (Å²) < 4.78 is 1.73. The molecule has 0 aliphatic rings. The highest BCUT2D eigenvalue weighted by Gasteiger charge is 2.12. The molecule has 3 nitrogen and oxygen atoms in total. The van der Waals surface area contributed by atoms with Gasteiger partial charge in [0, 0.05) is 10.9 Å². The fourth-order valence-electron chi connectivity index (χ4n) is 1.56. The molecule has 0 fully saturated rings. The van der Waals surface area contributed by atoms with Crippen molar-refractivity contribution in [3.8, 4) is 0 Å². The highest BCUT2D eigenvalue weighted by Crippen LogP contribution is 2.24. The fourth-order valence-corrected chi connectivity index (χ4v) is 2.46. The van der Waals surface area contributed by atoms with Crippen LogP contribution in [0.5, 0.6) is 0 Å². The molecular weight excluding hydrogens is 350 g/mol. The third kappa shape index (κ3) is 2.79. The average molecular weight is 359 g/mol. The molecule has 1 aromatic heterocycles. The van der Waals surface area contributed by atoms with E-state index < -0.39 is 5.97 Å². The van der Waals surface area contributed by atoms with Crippen LogP contribution in [0, 0.1) is 0 Å². The summed E-state index contributed by atoms with van der Waals surface area (Å²) in [6.45, 7) is 0. The van der Waals surface area contributed by atoms with Crippen LogP contribution in [0.4, 0.5) is 0 Å². The van der Waals surface area contributed by atoms with E-state index in [9.17, 15) is 4.79 Å². The summed E-state index contributed by atoms with van der Waals surface area (Å²) in [7, 11) is 0. The summed E-state index contributed by atoms with van der Waals surface area (Å²) in [6.07, 6.45) is 0.672. The van der Waals surface area contributed by atoms with Gasteiger partial charge in [0.15, 0.2) is 0 Å². The van der Waals surface area contributed by atoms with Crippen molar-refractivity contribution in [1.82, 2.24) is 4.98 Å². The highest BCUT2D eigenvalue weighted by molar-refractivity contribution is 9.10. The maximum Gasteiger partial charge on any atom is 0.352 e. The summed E-state index contributed by atoms with van der Waals surface area (Å²) >= 11 is 6.81. The molecule has 0 radical (unpaired) electrons. The number of aromatic nitrogens is 1. The number of aromatic amines is 1. The van der Waals surface area contributed by atoms with E-state index in [0.29, 0.717) is 11.0 Å². The Balaban J connectivity index is 2.30. The molecule has 0 saturated heterocycles. The van der Waals surface area contributed by atoms with Crippen LogP contribution in [-0.2, 0) is 6.42 Å². The van der Waals surface area contributed by atoms with Crippen molar-refractivity contribution >= 4 is 37.8 Å². The lowest BCUT2D eigenvalue weighted by atomic mass is 10.1. The predicted molar refractivity (Wildman–Crippen MR) is 72.4 cm³/mol. The van der Waals surface area contributed by atoms with Gasteiger partial charge in [0.25, 0.3) is 0 Å². The number of carbonyl (C=O) groups is 1. The van der Waals surface area contributed by atoms with E-state index in [0.717, 1.165) is 15.6 Å². The minimum atomic E-state index is -0.955. The number of halogens is 2. The van der Waals surface area contributed by atoms with E-state index in [1.165, 1.54) is 0 Å². The van der Waals surface area contributed by atoms with E-state index >= 15 is 0 Å². The number of rotatable bonds is 3. The summed E-state index contributed by atoms with van der Waals surface area (Å²) in [4.78, 5) is 13.6. The fraction of sp³-hybridized carbons (Fsp3) is 0.0833. The van der Waals surface area contributed by atoms with E-state index in [2.05, 4.69) is 36.8 Å². The Morgan fingerprint density at radius 1 is 1.24 bits per heavy atom. The minimum Gasteiger partial charge on any atom is -0.477 e. The average Bonchev–Trinajstić information content (AvgIpc) is 2.64. The Bertz CT molecular complexity index is 563. The van der Waals surface area contributed by atoms with E-state index in [-0.39, 0.29) is 5.69 Å². The normalized spacial score (nSPS) is 10.5. The zero-order valence-corrected chi connectivity index (χ0v) is 11.9. The largest absolute Gasteiger partial charge is 0.477 e. The number of carboxylic acids is 1. The number of aromatic carboxylic acids is 1. The monoisotopic (exact) mass is 357 g/mol. The topological polar surface area (TPSA) is 53.1 Å². The Morgan fingerprint density at radius 2 is 1.94 bits per heavy atom. The Kier molecular flexibility index (Phi) is 3.69. The molecule has 0 aliphatic carbocycles. The van der Waals surface area contributed by atoms with Gasteiger partial charge < -0.3 is 10.1 Å². The smallest absolute Gasteiger partial charge is 0.352 e. The van der Waals surface area contributed by atoms with Crippen molar-refractivity contribution in [1.29, 1.82) is 0 Å². The van der Waals surface area contributed by atoms with Crippen LogP contribution in [0.1, 0.15) is 21.6 Å². The van der Waals surface area contributed by atoms with Crippen molar-refractivity contribution in [2.45, 2.75) is 6.42 Å². The molecule has 0 unspecified atom stereocenters. The molecule has 1 aromatic carbocycles. The van der Waals surface area contributed by atoms with Crippen LogP contribution in [0.15, 0.2) is 39.4 Å². The summed E-state index contributed by atoms with van der Waals surface area (Å²) in [5.41, 5.74) is 2.23. The molecule has 0 bridgehead atoms. The number of benzene rings is 1. The Labute approximate surface area is 115 Å². The van der Waals surface area contributed by atoms with Gasteiger partial charge in [-0.05, 0) is 39.2 Å². The number of hydrogen-bond donors (Lipinski definition) is 2. The van der Waals surface area contributed by atoms with E-state index in [4.69, 9.17) is 5.11 Å². The standard InChI is InChI=1S/C12H9Br2NO2/c13-9-4-2-1-3-7(9)5-8-6-10(12(16)17)15-11(8)14/h1-4,6,15H,5H2,(H,16,17). The van der Waals surface area contributed by atoms with Crippen molar-refractivity contribution in [3.05, 3.63) is 56.2 Å². The van der Waals surface area contributed by atoms with Crippen LogP contribution in [-0.4, -0.2) is 16.1 Å². The third-order valence-corrected chi connectivity index (χ3v) is 3.90. The summed E-state index contributed by atoms with van der Waals surface area (Å²) in [5.74, 6) is -0.955. The third-order valence-electron chi connectivity index (χ3n) is 2.41. The second-order valence-corrected chi connectivity index (χ2v) is 5.24. The predicted octanol–water partition coefficient (Wildman–Crippen LogP) is 3.83. The van der Waals surface area contributed by atoms with Crippen LogP contribution in [0.25, 0.3) is 0 Å². The van der Waals surface area contributed by atoms with Gasteiger partial charge in [0.1, 0.15) is 5.69 Å². The number of H-pyrrole nitrogens is 1. The molecule has 5 heteroatoms. The van der Waals surface area contributed by atoms with E-state index in [1.54, 1.807) is 6.07 Å². The maximum absolute atomic E-state index is 10.8. The molecule has 0 saturated carbocycles. The van der Waals surface area contributed by atoms with Crippen molar-refractivity contribution in [2.24, 2.45) is 0 Å². The van der Waals surface area contributed by atoms with Crippen molar-refractivity contribution in [2.75, 3.05) is 0 Å². The lowest BCUT2D eigenvalue weighted by Gasteiger charge is -2.02. The number of hydrogen-bond acceptors (Lipinski definition) is 1. The maximum atomic E-state index is 10.8. The lowest BCUT2D eigenvalue weighted by molar-refractivity contribution is 0.0691. The molecule has 0 atom stereocenters. The molecule has 88 valence electrons. The second kappa shape index (κ2) is 5.06. The first-order valence-electron chi connectivity index (χ1n) is 4.92. The molecule has 2 N–H and O–H groups in total. The van der Waals surface area contributed by atoms with Crippen LogP contribution in [0.3, 0.4) is 0 Å². The molecule has 1 heterocycles. The Hall–Kier alpha value is -1.07. The molecule has 0 aliphatic heterocycles. The van der Waals surface area contributed by atoms with Crippen molar-refractivity contribution < 1.29 is 9.90 Å². The quantitative estimate of drug-likeness (QED) is 0.876. The van der Waals surface area contributed by atoms with Gasteiger partial charge in [-0.25, -0.2) is 4.79 Å². The lowest BCUT2D eigenvalue weighted by Crippen LogP contribution is -1.95. The Morgan fingerprint density at radius 3 is 2.53 bits per heavy atom. The second-order valence-electron chi connectivity index (χ2n) is 3.60. The number of nitrogens with one attached hydrogen (secondary N) is 1. The van der Waals surface area contributed by atoms with Gasteiger partial charge >= 0.3 is 5.97 Å². The van der Waals surface area contributed by atoms with Gasteiger partial charge in [-0.15, -0.1) is 0 Å². The SMILES string of the molecule is O=C(O)c1cc(Cc2ccccc2Br)c(Br)[nH]1. The van der Waals surface area contributed by atoms with E-state index in [1.807, 2.05) is 24.3 Å². The molecule has 17 heavy (non-hydrogen) atoms. The van der Waals surface area contributed by atoms with Gasteiger partial charge in [0.05, 0.1) is 4.60 Å². The first kappa shape index (κ1) is 12.4. The highest BCUT2D eigenvalue weighted by atomic mass is 79.9. The molecule has 0 amide bonds. The van der Waals surface area contributed by atoms with Gasteiger partial charge in [-0.2, -0.15) is 0 Å². The molecule has 2 aromatic rings. The van der Waals surface area contributed by atoms with Gasteiger partial charge in [0.2, 0.25) is 0 Å². The summed E-state index contributed by atoms with van der Waals surface area (Å²) in [5, 5.41) is 8.88. The van der Waals surface area contributed by atoms with Crippen LogP contribution < -0.4 is 0 Å². The molecule has 0 spiro atoms. The molecule has 2 rings (SSSR count). The van der Waals surface area contributed by atoms with Crippen molar-refractivity contribution in [3.63, 3.8) is 0 Å². The van der Waals surface area contributed by atoms with Crippen LogP contribution in [0.2, 0.25) is 0 Å². The zero-order chi connectivity index (χ0) is 12.4. The minimum absolute atomic E-state index is 0.193. The first-order chi connectivity index (χ1) is 8.08. The molecular formula is C12H9Br2NO2. The zero-order valence-electron chi connectivity index (χ0n) is 8.71. The summed E-state index contributed by atoms with van der Waals surface area (Å²) in [6, 6.07) is 9.52. The van der Waals surface area contributed by atoms with Gasteiger partial charge in [-0.3, -0.25) is 0 Å². The van der Waals surface area contributed by atoms with Crippen LogP contribution >= 0.6 is 31.9 Å². The first-order valence-corrected chi connectivity index (χ1v) is 6.50. The van der Waals surface area contributed by atoms with Gasteiger partial charge in [-0.1, -0.05) is 34.1 Å². The number of carboxylic acid groups (broad SMARTS) is 1.